The number of aromatic nitrogens is 4. The fourth-order valence-electron chi connectivity index (χ4n) is 1.90. The molecule has 3 heterocycles. The van der Waals surface area contributed by atoms with E-state index >= 15 is 0 Å². The maximum absolute atomic E-state index is 4.22. The first-order valence-corrected chi connectivity index (χ1v) is 5.65. The molecule has 0 fully saturated rings. The molecule has 0 spiro atoms. The van der Waals surface area contributed by atoms with Crippen molar-refractivity contribution in [1.82, 2.24) is 23.8 Å². The molecule has 78 valence electrons. The molecule has 0 saturated heterocycles. The highest BCUT2D eigenvalue weighted by atomic mass is 32.1. The van der Waals surface area contributed by atoms with Crippen LogP contribution in [0.2, 0.25) is 0 Å². The first-order valence-electron chi connectivity index (χ1n) is 4.92. The van der Waals surface area contributed by atoms with E-state index in [2.05, 4.69) is 23.8 Å². The highest BCUT2D eigenvalue weighted by Crippen LogP contribution is 2.17. The van der Waals surface area contributed by atoms with Crippen LogP contribution in [0.5, 0.6) is 0 Å². The van der Waals surface area contributed by atoms with E-state index in [1.54, 1.807) is 0 Å². The van der Waals surface area contributed by atoms with Gasteiger partial charge in [-0.1, -0.05) is 0 Å². The van der Waals surface area contributed by atoms with E-state index in [0.717, 1.165) is 31.7 Å². The molecule has 0 aliphatic carbocycles. The molecule has 1 aliphatic rings. The van der Waals surface area contributed by atoms with Gasteiger partial charge >= 0.3 is 0 Å². The van der Waals surface area contributed by atoms with Crippen molar-refractivity contribution in [2.45, 2.75) is 19.5 Å². The van der Waals surface area contributed by atoms with E-state index in [9.17, 15) is 0 Å². The molecule has 1 N–H and O–H groups in total. The summed E-state index contributed by atoms with van der Waals surface area (Å²) in [6.07, 6.45) is 4.81. The van der Waals surface area contributed by atoms with Crippen molar-refractivity contribution >= 4 is 11.7 Å². The Hall–Kier alpha value is -1.27. The minimum absolute atomic E-state index is 0.890. The van der Waals surface area contributed by atoms with Crippen LogP contribution in [0.25, 0.3) is 0 Å². The number of nitrogens with zero attached hydrogens (tertiary/aromatic N) is 4. The topological polar surface area (TPSA) is 57.7 Å². The van der Waals surface area contributed by atoms with Crippen LogP contribution in [0.3, 0.4) is 0 Å². The Morgan fingerprint density at radius 2 is 2.47 bits per heavy atom. The SMILES string of the molecule is c1nsnc1CN1CCc2[nH]ncc2C1. The van der Waals surface area contributed by atoms with Gasteiger partial charge in [-0.3, -0.25) is 10.00 Å². The predicted octanol–water partition coefficient (Wildman–Crippen LogP) is 0.820. The third-order valence-corrected chi connectivity index (χ3v) is 3.19. The maximum Gasteiger partial charge on any atom is 0.0883 e. The van der Waals surface area contributed by atoms with Gasteiger partial charge < -0.3 is 0 Å². The Morgan fingerprint density at radius 3 is 3.33 bits per heavy atom. The van der Waals surface area contributed by atoms with Gasteiger partial charge in [0.25, 0.3) is 0 Å². The zero-order valence-electron chi connectivity index (χ0n) is 8.18. The van der Waals surface area contributed by atoms with E-state index < -0.39 is 0 Å². The Morgan fingerprint density at radius 1 is 1.47 bits per heavy atom. The third kappa shape index (κ3) is 1.78. The van der Waals surface area contributed by atoms with Gasteiger partial charge in [0.2, 0.25) is 0 Å². The molecule has 2 aromatic heterocycles. The van der Waals surface area contributed by atoms with Crippen molar-refractivity contribution in [2.24, 2.45) is 0 Å². The molecular weight excluding hydrogens is 210 g/mol. The van der Waals surface area contributed by atoms with E-state index in [-0.39, 0.29) is 0 Å². The monoisotopic (exact) mass is 221 g/mol. The van der Waals surface area contributed by atoms with Crippen LogP contribution in [0.15, 0.2) is 12.4 Å². The molecule has 6 heteroatoms. The van der Waals surface area contributed by atoms with E-state index in [1.807, 2.05) is 12.4 Å². The summed E-state index contributed by atoms with van der Waals surface area (Å²) in [6, 6.07) is 0. The second-order valence-corrected chi connectivity index (χ2v) is 4.29. The predicted molar refractivity (Wildman–Crippen MR) is 56.3 cm³/mol. The van der Waals surface area contributed by atoms with Gasteiger partial charge in [0.1, 0.15) is 0 Å². The van der Waals surface area contributed by atoms with Gasteiger partial charge in [0.15, 0.2) is 0 Å². The lowest BCUT2D eigenvalue weighted by molar-refractivity contribution is 0.242. The zero-order chi connectivity index (χ0) is 10.1. The number of hydrogen-bond acceptors (Lipinski definition) is 5. The van der Waals surface area contributed by atoms with E-state index in [1.165, 1.54) is 23.0 Å². The lowest BCUT2D eigenvalue weighted by atomic mass is 10.1. The molecule has 0 unspecified atom stereocenters. The van der Waals surface area contributed by atoms with Gasteiger partial charge in [-0.25, -0.2) is 0 Å². The van der Waals surface area contributed by atoms with Crippen LogP contribution in [0, 0.1) is 0 Å². The van der Waals surface area contributed by atoms with Crippen LogP contribution in [-0.2, 0) is 19.5 Å². The average Bonchev–Trinajstić information content (AvgIpc) is 2.87. The summed E-state index contributed by atoms with van der Waals surface area (Å²) >= 11 is 1.27. The van der Waals surface area contributed by atoms with E-state index in [0.29, 0.717) is 0 Å². The van der Waals surface area contributed by atoms with Crippen LogP contribution in [-0.4, -0.2) is 30.4 Å². The highest BCUT2D eigenvalue weighted by Gasteiger charge is 2.18. The number of H-pyrrole nitrogens is 1. The van der Waals surface area contributed by atoms with Crippen molar-refractivity contribution in [3.8, 4) is 0 Å². The molecule has 1 aliphatic heterocycles. The van der Waals surface area contributed by atoms with Crippen LogP contribution in [0.1, 0.15) is 17.0 Å². The number of nitrogens with one attached hydrogen (secondary N) is 1. The summed E-state index contributed by atoms with van der Waals surface area (Å²) in [4.78, 5) is 2.37. The van der Waals surface area contributed by atoms with E-state index in [4.69, 9.17) is 0 Å². The van der Waals surface area contributed by atoms with Gasteiger partial charge in [0, 0.05) is 37.3 Å². The summed E-state index contributed by atoms with van der Waals surface area (Å²) in [5, 5.41) is 7.09. The molecule has 3 rings (SSSR count). The number of hydrogen-bond donors (Lipinski definition) is 1. The first-order chi connectivity index (χ1) is 7.42. The Bertz CT molecular complexity index is 435. The van der Waals surface area contributed by atoms with Crippen molar-refractivity contribution in [2.75, 3.05) is 6.54 Å². The quantitative estimate of drug-likeness (QED) is 0.815. The van der Waals surface area contributed by atoms with Crippen molar-refractivity contribution in [1.29, 1.82) is 0 Å². The molecule has 0 radical (unpaired) electrons. The summed E-state index contributed by atoms with van der Waals surface area (Å²) in [5.41, 5.74) is 3.65. The van der Waals surface area contributed by atoms with Crippen molar-refractivity contribution < 1.29 is 0 Å². The first kappa shape index (κ1) is 8.99. The summed E-state index contributed by atoms with van der Waals surface area (Å²) in [7, 11) is 0. The standard InChI is InChI=1S/C9H11N5S/c1-2-14(6-8-4-11-15-13-8)5-7-3-10-12-9(1)7/h3-4H,1-2,5-6H2,(H,10,12). The normalized spacial score (nSPS) is 16.5. The third-order valence-electron chi connectivity index (χ3n) is 2.67. The zero-order valence-corrected chi connectivity index (χ0v) is 9.00. The Labute approximate surface area is 91.5 Å². The van der Waals surface area contributed by atoms with Crippen LogP contribution < -0.4 is 0 Å². The molecule has 0 atom stereocenters. The minimum atomic E-state index is 0.890. The van der Waals surface area contributed by atoms with Crippen LogP contribution in [0.4, 0.5) is 0 Å². The second kappa shape index (κ2) is 3.71. The second-order valence-electron chi connectivity index (χ2n) is 3.73. The maximum atomic E-state index is 4.22. The molecule has 0 saturated carbocycles. The summed E-state index contributed by atoms with van der Waals surface area (Å²) in [6.45, 7) is 2.91. The summed E-state index contributed by atoms with van der Waals surface area (Å²) in [5.74, 6) is 0. The lowest BCUT2D eigenvalue weighted by Gasteiger charge is -2.25. The molecule has 15 heavy (non-hydrogen) atoms. The van der Waals surface area contributed by atoms with Gasteiger partial charge in [0.05, 0.1) is 29.8 Å². The molecule has 5 nitrogen and oxygen atoms in total. The van der Waals surface area contributed by atoms with Crippen molar-refractivity contribution in [3.05, 3.63) is 29.3 Å². The Balaban J connectivity index is 1.71. The minimum Gasteiger partial charge on any atom is -0.293 e. The number of rotatable bonds is 2. The molecule has 2 aromatic rings. The van der Waals surface area contributed by atoms with Gasteiger partial charge in [-0.2, -0.15) is 13.8 Å². The Kier molecular flexibility index (Phi) is 2.22. The van der Waals surface area contributed by atoms with Crippen LogP contribution >= 0.6 is 11.7 Å². The number of aromatic amines is 1. The fraction of sp³-hybridized carbons (Fsp3) is 0.444. The molecule has 0 amide bonds. The lowest BCUT2D eigenvalue weighted by Crippen LogP contribution is -2.29. The van der Waals surface area contributed by atoms with Gasteiger partial charge in [-0.05, 0) is 0 Å². The molecular formula is C9H11N5S. The average molecular weight is 221 g/mol. The summed E-state index contributed by atoms with van der Waals surface area (Å²) < 4.78 is 8.23. The van der Waals surface area contributed by atoms with Crippen molar-refractivity contribution in [3.63, 3.8) is 0 Å². The number of fused-ring (bicyclic) bond motifs is 1. The largest absolute Gasteiger partial charge is 0.293 e. The van der Waals surface area contributed by atoms with Gasteiger partial charge in [-0.15, -0.1) is 0 Å². The molecule has 0 bridgehead atoms. The highest BCUT2D eigenvalue weighted by molar-refractivity contribution is 6.99. The smallest absolute Gasteiger partial charge is 0.0883 e. The fourth-order valence-corrected chi connectivity index (χ4v) is 2.32. The molecule has 0 aromatic carbocycles.